The van der Waals surface area contributed by atoms with Crippen LogP contribution in [-0.2, 0) is 33.0 Å². The molecule has 9 atom stereocenters. The van der Waals surface area contributed by atoms with Crippen LogP contribution in [0.5, 0.6) is 0 Å². The van der Waals surface area contributed by atoms with Crippen molar-refractivity contribution >= 4 is 20.3 Å². The summed E-state index contributed by atoms with van der Waals surface area (Å²) in [6.07, 6.45) is 5.98. The quantitative estimate of drug-likeness (QED) is 0.295. The van der Waals surface area contributed by atoms with Crippen LogP contribution in [0.3, 0.4) is 0 Å². The molecule has 1 spiro atoms. The van der Waals surface area contributed by atoms with Crippen molar-refractivity contribution in [1.29, 1.82) is 0 Å². The van der Waals surface area contributed by atoms with Gasteiger partial charge in [0.05, 0.1) is 13.2 Å². The Labute approximate surface area is 236 Å². The summed E-state index contributed by atoms with van der Waals surface area (Å²) in [4.78, 5) is 25.2. The average Bonchev–Trinajstić information content (AvgIpc) is 3.41. The molecule has 0 radical (unpaired) electrons. The van der Waals surface area contributed by atoms with Gasteiger partial charge in [0.2, 0.25) is 0 Å². The first-order valence-corrected chi connectivity index (χ1v) is 18.3. The highest BCUT2D eigenvalue weighted by Gasteiger charge is 2.71. The Hall–Kier alpha value is -0.963. The zero-order chi connectivity index (χ0) is 28.6. The van der Waals surface area contributed by atoms with Crippen LogP contribution in [0, 0.1) is 34.5 Å². The monoisotopic (exact) mass is 564 g/mol. The van der Waals surface area contributed by atoms with Gasteiger partial charge in [0.25, 0.3) is 0 Å². The summed E-state index contributed by atoms with van der Waals surface area (Å²) in [5.41, 5.74) is -0.182. The van der Waals surface area contributed by atoms with E-state index in [2.05, 4.69) is 47.7 Å². The van der Waals surface area contributed by atoms with Crippen molar-refractivity contribution in [3.05, 3.63) is 0 Å². The van der Waals surface area contributed by atoms with E-state index < -0.39 is 26.3 Å². The Morgan fingerprint density at radius 1 is 0.821 bits per heavy atom. The number of ether oxygens (including phenoxy) is 4. The smallest absolute Gasteiger partial charge is 0.303 e. The Kier molecular flexibility index (Phi) is 7.42. The number of carbonyl (C=O) groups excluding carboxylic acids is 2. The second-order valence-corrected chi connectivity index (χ2v) is 20.0. The predicted octanol–water partition coefficient (Wildman–Crippen LogP) is 6.25. The van der Waals surface area contributed by atoms with E-state index in [0.717, 1.165) is 44.9 Å². The Morgan fingerprint density at radius 2 is 1.41 bits per heavy atom. The van der Waals surface area contributed by atoms with Gasteiger partial charge in [-0.3, -0.25) is 9.59 Å². The molecule has 222 valence electrons. The van der Waals surface area contributed by atoms with Crippen molar-refractivity contribution in [2.45, 2.75) is 136 Å². The fraction of sp³-hybridized carbons (Fsp3) is 0.935. The molecule has 39 heavy (non-hydrogen) atoms. The molecular weight excluding hydrogens is 512 g/mol. The van der Waals surface area contributed by atoms with E-state index in [0.29, 0.717) is 19.1 Å². The van der Waals surface area contributed by atoms with Gasteiger partial charge < -0.3 is 23.4 Å². The topological polar surface area (TPSA) is 80.3 Å². The zero-order valence-corrected chi connectivity index (χ0v) is 26.8. The van der Waals surface area contributed by atoms with Crippen LogP contribution in [0.25, 0.3) is 0 Å². The van der Waals surface area contributed by atoms with E-state index in [9.17, 15) is 9.59 Å². The molecule has 1 aliphatic heterocycles. The molecule has 7 unspecified atom stereocenters. The largest absolute Gasteiger partial charge is 0.458 e. The molecule has 0 aromatic carbocycles. The average molecular weight is 565 g/mol. The number of rotatable bonds is 4. The van der Waals surface area contributed by atoms with Crippen LogP contribution >= 0.6 is 0 Å². The van der Waals surface area contributed by atoms with Gasteiger partial charge in [0.1, 0.15) is 12.2 Å². The molecule has 0 bridgehead atoms. The highest BCUT2D eigenvalue weighted by atomic mass is 28.4. The van der Waals surface area contributed by atoms with Crippen molar-refractivity contribution in [3.8, 4) is 0 Å². The Balaban J connectivity index is 1.53. The fourth-order valence-electron chi connectivity index (χ4n) is 9.43. The third-order valence-electron chi connectivity index (χ3n) is 12.3. The van der Waals surface area contributed by atoms with E-state index >= 15 is 0 Å². The molecular formula is C31H52O7Si. The van der Waals surface area contributed by atoms with Crippen LogP contribution in [0.4, 0.5) is 0 Å². The van der Waals surface area contributed by atoms with Crippen molar-refractivity contribution in [1.82, 2.24) is 0 Å². The van der Waals surface area contributed by atoms with Gasteiger partial charge in [-0.1, -0.05) is 34.6 Å². The molecule has 8 heteroatoms. The lowest BCUT2D eigenvalue weighted by atomic mass is 9.43. The zero-order valence-electron chi connectivity index (χ0n) is 25.8. The lowest BCUT2D eigenvalue weighted by molar-refractivity contribution is -0.273. The van der Waals surface area contributed by atoms with Crippen LogP contribution < -0.4 is 0 Å². The minimum atomic E-state index is -1.97. The molecule has 4 saturated carbocycles. The van der Waals surface area contributed by atoms with Gasteiger partial charge in [0, 0.05) is 43.6 Å². The first kappa shape index (κ1) is 29.5. The Morgan fingerprint density at radius 3 is 2.00 bits per heavy atom. The van der Waals surface area contributed by atoms with Crippen molar-refractivity contribution < 1.29 is 33.0 Å². The molecule has 5 aliphatic rings. The normalized spacial score (nSPS) is 43.4. The molecule has 0 aromatic rings. The molecule has 5 rings (SSSR count). The second kappa shape index (κ2) is 9.81. The molecule has 4 aliphatic carbocycles. The van der Waals surface area contributed by atoms with E-state index in [4.69, 9.17) is 23.4 Å². The molecule has 0 amide bonds. The summed E-state index contributed by atoms with van der Waals surface area (Å²) < 4.78 is 32.1. The maximum atomic E-state index is 12.6. The highest BCUT2D eigenvalue weighted by molar-refractivity contribution is 6.74. The predicted molar refractivity (Wildman–Crippen MR) is 150 cm³/mol. The summed E-state index contributed by atoms with van der Waals surface area (Å²) in [7, 11) is -1.97. The minimum Gasteiger partial charge on any atom is -0.458 e. The molecule has 0 N–H and O–H groups in total. The third-order valence-corrected chi connectivity index (χ3v) is 16.9. The maximum absolute atomic E-state index is 12.6. The number of fused-ring (bicyclic) bond motifs is 6. The van der Waals surface area contributed by atoms with Gasteiger partial charge in [-0.05, 0) is 73.9 Å². The van der Waals surface area contributed by atoms with Gasteiger partial charge in [-0.25, -0.2) is 0 Å². The minimum absolute atomic E-state index is 0.0246. The maximum Gasteiger partial charge on any atom is 0.303 e. The Bertz CT molecular complexity index is 968. The first-order chi connectivity index (χ1) is 18.0. The molecule has 1 heterocycles. The van der Waals surface area contributed by atoms with Crippen LogP contribution in [0.1, 0.15) is 93.4 Å². The summed E-state index contributed by atoms with van der Waals surface area (Å²) >= 11 is 0. The van der Waals surface area contributed by atoms with Gasteiger partial charge in [-0.15, -0.1) is 0 Å². The number of hydrogen-bond donors (Lipinski definition) is 0. The third kappa shape index (κ3) is 4.64. The van der Waals surface area contributed by atoms with Crippen LogP contribution in [0.15, 0.2) is 0 Å². The van der Waals surface area contributed by atoms with Gasteiger partial charge in [-0.2, -0.15) is 0 Å². The van der Waals surface area contributed by atoms with Crippen LogP contribution in [-0.4, -0.2) is 57.6 Å². The first-order valence-electron chi connectivity index (χ1n) is 15.3. The number of hydrogen-bond acceptors (Lipinski definition) is 7. The van der Waals surface area contributed by atoms with E-state index in [1.807, 2.05) is 0 Å². The fourth-order valence-corrected chi connectivity index (χ4v) is 10.8. The van der Waals surface area contributed by atoms with Crippen molar-refractivity contribution in [2.75, 3.05) is 13.2 Å². The van der Waals surface area contributed by atoms with E-state index in [-0.39, 0.29) is 51.7 Å². The SMILES string of the molecule is CC(=O)OC1C(OC(C)=O)C2CC(O[Si](C)(C)C(C)(C)C)CC[C@]2(C)C2CC[C@@]3(C)C(CCC34OCCO4)C12. The van der Waals surface area contributed by atoms with Gasteiger partial charge in [0.15, 0.2) is 14.1 Å². The lowest BCUT2D eigenvalue weighted by Crippen LogP contribution is -2.67. The second-order valence-electron chi connectivity index (χ2n) is 15.3. The van der Waals surface area contributed by atoms with Crippen molar-refractivity contribution in [3.63, 3.8) is 0 Å². The summed E-state index contributed by atoms with van der Waals surface area (Å²) in [5.74, 6) is -0.338. The van der Waals surface area contributed by atoms with Crippen LogP contribution in [0.2, 0.25) is 18.1 Å². The van der Waals surface area contributed by atoms with E-state index in [1.54, 1.807) is 0 Å². The number of carbonyl (C=O) groups is 2. The van der Waals surface area contributed by atoms with Gasteiger partial charge >= 0.3 is 11.9 Å². The van der Waals surface area contributed by atoms with E-state index in [1.165, 1.54) is 13.8 Å². The standard InChI is InChI=1S/C31H52O7Si/c1-19(32)36-26-24-18-21(38-39(8,9)28(3,4)5)10-13-29(24,6)22-11-14-30(7)23(25(22)27(26)37-20(2)33)12-15-31(30)34-16-17-35-31/h21-27H,10-18H2,1-9H3/t21?,22?,23?,24?,25?,26?,27?,29-,30+/m1/s1. The summed E-state index contributed by atoms with van der Waals surface area (Å²) in [6, 6.07) is 0. The summed E-state index contributed by atoms with van der Waals surface area (Å²) in [5, 5.41) is 0.123. The molecule has 1 saturated heterocycles. The molecule has 7 nitrogen and oxygen atoms in total. The lowest BCUT2D eigenvalue weighted by Gasteiger charge is -2.64. The molecule has 0 aromatic heterocycles. The summed E-state index contributed by atoms with van der Waals surface area (Å²) in [6.45, 7) is 20.5. The molecule has 5 fully saturated rings. The number of esters is 2. The highest BCUT2D eigenvalue weighted by Crippen LogP contribution is 2.70. The van der Waals surface area contributed by atoms with Crippen molar-refractivity contribution in [2.24, 2.45) is 34.5 Å².